The van der Waals surface area contributed by atoms with Crippen LogP contribution in [0.3, 0.4) is 0 Å². The van der Waals surface area contributed by atoms with Crippen LogP contribution in [0.2, 0.25) is 0 Å². The number of hydrogen-bond acceptors (Lipinski definition) is 7. The summed E-state index contributed by atoms with van der Waals surface area (Å²) in [7, 11) is 0. The quantitative estimate of drug-likeness (QED) is 0.231. The van der Waals surface area contributed by atoms with Crippen LogP contribution in [0.5, 0.6) is 0 Å². The molecule has 1 heterocycles. The first-order valence-corrected chi connectivity index (χ1v) is 16.9. The molecular formula is C35H56O8. The van der Waals surface area contributed by atoms with Crippen molar-refractivity contribution in [3.8, 4) is 0 Å². The highest BCUT2D eigenvalue weighted by Gasteiger charge is 2.70. The van der Waals surface area contributed by atoms with Crippen molar-refractivity contribution in [1.82, 2.24) is 0 Å². The lowest BCUT2D eigenvalue weighted by atomic mass is 9.33. The molecular weight excluding hydrogens is 548 g/mol. The number of aliphatic hydroxyl groups excluding tert-OH is 4. The van der Waals surface area contributed by atoms with E-state index in [-0.39, 0.29) is 52.8 Å². The number of allylic oxidation sites excluding steroid dienone is 2. The highest BCUT2D eigenvalue weighted by Crippen LogP contribution is 2.76. The average Bonchev–Trinajstić information content (AvgIpc) is 2.94. The van der Waals surface area contributed by atoms with Crippen LogP contribution in [-0.4, -0.2) is 75.4 Å². The Balaban J connectivity index is 1.32. The highest BCUT2D eigenvalue weighted by atomic mass is 16.7. The predicted molar refractivity (Wildman–Crippen MR) is 161 cm³/mol. The van der Waals surface area contributed by atoms with Crippen LogP contribution in [0.4, 0.5) is 0 Å². The molecule has 8 unspecified atom stereocenters. The van der Waals surface area contributed by atoms with Crippen molar-refractivity contribution in [2.75, 3.05) is 13.2 Å². The third kappa shape index (κ3) is 4.32. The van der Waals surface area contributed by atoms with E-state index in [1.165, 1.54) is 5.57 Å². The van der Waals surface area contributed by atoms with Gasteiger partial charge in [0.25, 0.3) is 0 Å². The van der Waals surface area contributed by atoms with Gasteiger partial charge in [0.15, 0.2) is 6.29 Å². The van der Waals surface area contributed by atoms with Crippen LogP contribution in [-0.2, 0) is 14.3 Å². The summed E-state index contributed by atoms with van der Waals surface area (Å²) >= 11 is 0. The maximum Gasteiger partial charge on any atom is 0.310 e. The summed E-state index contributed by atoms with van der Waals surface area (Å²) in [5.74, 6) is 0.0529. The second-order valence-electron chi connectivity index (χ2n) is 17.3. The summed E-state index contributed by atoms with van der Waals surface area (Å²) in [4.78, 5) is 12.9. The number of carboxylic acids is 1. The molecule has 8 nitrogen and oxygen atoms in total. The average molecular weight is 605 g/mol. The number of carbonyl (C=O) groups is 1. The molecule has 244 valence electrons. The van der Waals surface area contributed by atoms with E-state index in [2.05, 4.69) is 47.6 Å². The number of fused-ring (bicyclic) bond motifs is 7. The summed E-state index contributed by atoms with van der Waals surface area (Å²) in [5.41, 5.74) is 0.232. The number of aliphatic hydroxyl groups is 4. The smallest absolute Gasteiger partial charge is 0.310 e. The Morgan fingerprint density at radius 2 is 1.63 bits per heavy atom. The SMILES string of the molecule is CC1(C)CCC2(C(=O)O)CCC3(C)C(=CCC4C5(C)CC[C@H](O[C@@H]6OC[C@@H](O)[C@@H](O)[C@H]6O)C(C)(CO)C5CCC43C)C2C1. The molecule has 1 aliphatic heterocycles. The molecule has 0 aromatic carbocycles. The fourth-order valence-corrected chi connectivity index (χ4v) is 11.9. The molecule has 0 aromatic rings. The first kappa shape index (κ1) is 31.9. The molecule has 43 heavy (non-hydrogen) atoms. The van der Waals surface area contributed by atoms with E-state index in [1.807, 2.05) is 0 Å². The van der Waals surface area contributed by atoms with Crippen LogP contribution in [0.15, 0.2) is 11.6 Å². The topological polar surface area (TPSA) is 137 Å². The van der Waals surface area contributed by atoms with Crippen molar-refractivity contribution in [2.24, 2.45) is 50.2 Å². The van der Waals surface area contributed by atoms with Crippen LogP contribution in [0.25, 0.3) is 0 Å². The van der Waals surface area contributed by atoms with Gasteiger partial charge in [-0.15, -0.1) is 0 Å². The summed E-state index contributed by atoms with van der Waals surface area (Å²) in [6.45, 7) is 13.9. The first-order valence-electron chi connectivity index (χ1n) is 16.9. The van der Waals surface area contributed by atoms with Crippen molar-refractivity contribution >= 4 is 5.97 Å². The third-order valence-corrected chi connectivity index (χ3v) is 14.9. The van der Waals surface area contributed by atoms with Gasteiger partial charge >= 0.3 is 5.97 Å². The first-order chi connectivity index (χ1) is 20.0. The Kier molecular flexibility index (Phi) is 7.60. The number of rotatable bonds is 4. The van der Waals surface area contributed by atoms with Crippen molar-refractivity contribution in [1.29, 1.82) is 0 Å². The second-order valence-corrected chi connectivity index (χ2v) is 17.3. The van der Waals surface area contributed by atoms with Gasteiger partial charge in [0.05, 0.1) is 24.7 Å². The lowest BCUT2D eigenvalue weighted by Gasteiger charge is -2.71. The fourth-order valence-electron chi connectivity index (χ4n) is 11.9. The van der Waals surface area contributed by atoms with Crippen LogP contribution in [0.1, 0.15) is 106 Å². The molecule has 6 aliphatic rings. The zero-order valence-electron chi connectivity index (χ0n) is 27.1. The Morgan fingerprint density at radius 3 is 2.30 bits per heavy atom. The molecule has 0 radical (unpaired) electrons. The van der Waals surface area contributed by atoms with Gasteiger partial charge in [-0.25, -0.2) is 0 Å². The zero-order chi connectivity index (χ0) is 31.4. The zero-order valence-corrected chi connectivity index (χ0v) is 27.1. The summed E-state index contributed by atoms with van der Waals surface area (Å²) in [6, 6.07) is 0. The standard InChI is InChI=1S/C35H56O8/c1-30(2)13-15-35(29(40)41)16-14-33(5)20(21(35)17-30)7-8-24-31(3)11-10-25(43-28-27(39)26(38)22(37)18-42-28)32(4,19-36)23(31)9-12-34(24,33)6/h7,21-28,36-39H,8-19H2,1-6H3,(H,40,41)/t21?,22-,23?,24?,25+,26-,27-,28+,31?,32?,33?,34?,35?/m1/s1. The van der Waals surface area contributed by atoms with E-state index in [4.69, 9.17) is 9.47 Å². The van der Waals surface area contributed by atoms with Gasteiger partial charge in [-0.3, -0.25) is 4.79 Å². The van der Waals surface area contributed by atoms with E-state index < -0.39 is 41.4 Å². The van der Waals surface area contributed by atoms with Gasteiger partial charge in [-0.2, -0.15) is 0 Å². The van der Waals surface area contributed by atoms with Crippen molar-refractivity contribution in [3.63, 3.8) is 0 Å². The largest absolute Gasteiger partial charge is 0.481 e. The van der Waals surface area contributed by atoms with Crippen LogP contribution < -0.4 is 0 Å². The van der Waals surface area contributed by atoms with Gasteiger partial charge in [0, 0.05) is 5.41 Å². The van der Waals surface area contributed by atoms with Gasteiger partial charge in [0.1, 0.15) is 18.3 Å². The molecule has 1 saturated heterocycles. The third-order valence-electron chi connectivity index (χ3n) is 14.9. The second kappa shape index (κ2) is 10.2. The minimum absolute atomic E-state index is 0.0154. The van der Waals surface area contributed by atoms with Gasteiger partial charge < -0.3 is 35.0 Å². The lowest BCUT2D eigenvalue weighted by Crippen LogP contribution is -2.66. The molecule has 0 aromatic heterocycles. The number of ether oxygens (including phenoxy) is 2. The minimum Gasteiger partial charge on any atom is -0.481 e. The Hall–Kier alpha value is -1.03. The van der Waals surface area contributed by atoms with Crippen molar-refractivity contribution in [3.05, 3.63) is 11.6 Å². The monoisotopic (exact) mass is 604 g/mol. The van der Waals surface area contributed by atoms with Gasteiger partial charge in [0.2, 0.25) is 0 Å². The molecule has 6 rings (SSSR count). The van der Waals surface area contributed by atoms with Crippen LogP contribution in [0, 0.1) is 50.2 Å². The molecule has 8 heteroatoms. The molecule has 5 aliphatic carbocycles. The summed E-state index contributed by atoms with van der Waals surface area (Å²) in [6.07, 6.45) is 6.03. The summed E-state index contributed by atoms with van der Waals surface area (Å²) < 4.78 is 12.0. The maximum absolute atomic E-state index is 12.9. The van der Waals surface area contributed by atoms with Gasteiger partial charge in [-0.1, -0.05) is 53.2 Å². The number of hydrogen-bond donors (Lipinski definition) is 5. The molecule has 0 spiro atoms. The molecule has 5 N–H and O–H groups in total. The van der Waals surface area contributed by atoms with Crippen molar-refractivity contribution < 1.29 is 39.8 Å². The number of carboxylic acid groups (broad SMARTS) is 1. The van der Waals surface area contributed by atoms with E-state index in [1.54, 1.807) is 0 Å². The summed E-state index contributed by atoms with van der Waals surface area (Å²) in [5, 5.41) is 52.3. The Labute approximate surface area is 257 Å². The van der Waals surface area contributed by atoms with E-state index >= 15 is 0 Å². The maximum atomic E-state index is 12.9. The minimum atomic E-state index is -1.36. The highest BCUT2D eigenvalue weighted by molar-refractivity contribution is 5.76. The molecule has 4 saturated carbocycles. The van der Waals surface area contributed by atoms with Crippen LogP contribution >= 0.6 is 0 Å². The van der Waals surface area contributed by atoms with E-state index in [9.17, 15) is 30.3 Å². The van der Waals surface area contributed by atoms with E-state index in [0.29, 0.717) is 12.3 Å². The molecule has 13 atom stereocenters. The normalized spacial score (nSPS) is 54.3. The number of aliphatic carboxylic acids is 1. The van der Waals surface area contributed by atoms with Crippen molar-refractivity contribution in [2.45, 2.75) is 136 Å². The Morgan fingerprint density at radius 1 is 0.930 bits per heavy atom. The Bertz CT molecular complexity index is 1150. The lowest BCUT2D eigenvalue weighted by molar-refractivity contribution is -0.312. The molecule has 0 amide bonds. The molecule has 0 bridgehead atoms. The fraction of sp³-hybridized carbons (Fsp3) is 0.914. The van der Waals surface area contributed by atoms with Gasteiger partial charge in [-0.05, 0) is 104 Å². The predicted octanol–water partition coefficient (Wildman–Crippen LogP) is 4.67. The molecule has 5 fully saturated rings. The van der Waals surface area contributed by atoms with E-state index in [0.717, 1.165) is 57.8 Å².